The summed E-state index contributed by atoms with van der Waals surface area (Å²) in [6, 6.07) is 3.77. The first-order valence-corrected chi connectivity index (χ1v) is 5.87. The molecular weight excluding hydrogens is 218 g/mol. The van der Waals surface area contributed by atoms with Gasteiger partial charge in [0.25, 0.3) is 0 Å². The van der Waals surface area contributed by atoms with Crippen LogP contribution in [0.5, 0.6) is 0 Å². The van der Waals surface area contributed by atoms with Crippen LogP contribution in [0, 0.1) is 0 Å². The maximum Gasteiger partial charge on any atom is 0.228 e. The minimum absolute atomic E-state index is 0.0242. The number of anilines is 3. The molecule has 2 heterocycles. The number of nitrogens with one attached hydrogen (secondary N) is 1. The van der Waals surface area contributed by atoms with Gasteiger partial charge in [0.15, 0.2) is 0 Å². The van der Waals surface area contributed by atoms with Gasteiger partial charge in [-0.25, -0.2) is 0 Å². The number of nitrogen functional groups attached to an aromatic ring is 1. The standard InChI is InChI=1S/C12H15N3O2/c13-9-5-8-6-12(16)14-10(8)7-11(9)15-3-1-2-4-17-15/h5,7H,1-4,6,13H2,(H,14,16). The second kappa shape index (κ2) is 3.92. The van der Waals surface area contributed by atoms with E-state index in [1.165, 1.54) is 0 Å². The van der Waals surface area contributed by atoms with Gasteiger partial charge in [-0.3, -0.25) is 14.7 Å². The van der Waals surface area contributed by atoms with Crippen molar-refractivity contribution in [2.24, 2.45) is 0 Å². The van der Waals surface area contributed by atoms with Gasteiger partial charge >= 0.3 is 0 Å². The molecule has 3 rings (SSSR count). The van der Waals surface area contributed by atoms with Gasteiger partial charge in [0.05, 0.1) is 24.4 Å². The Labute approximate surface area is 99.5 Å². The zero-order chi connectivity index (χ0) is 11.8. The number of fused-ring (bicyclic) bond motifs is 1. The predicted octanol–water partition coefficient (Wildman–Crippen LogP) is 1.30. The minimum atomic E-state index is 0.0242. The molecule has 0 unspecified atom stereocenters. The quantitative estimate of drug-likeness (QED) is 0.717. The lowest BCUT2D eigenvalue weighted by atomic mass is 10.1. The Hall–Kier alpha value is -1.75. The van der Waals surface area contributed by atoms with Crippen molar-refractivity contribution in [3.63, 3.8) is 0 Å². The van der Waals surface area contributed by atoms with Crippen LogP contribution in [0.1, 0.15) is 18.4 Å². The Bertz CT molecular complexity index is 467. The fourth-order valence-electron chi connectivity index (χ4n) is 2.28. The molecule has 90 valence electrons. The summed E-state index contributed by atoms with van der Waals surface area (Å²) < 4.78 is 0. The maximum atomic E-state index is 11.3. The molecule has 1 fully saturated rings. The highest BCUT2D eigenvalue weighted by molar-refractivity contribution is 6.00. The molecule has 3 N–H and O–H groups in total. The average molecular weight is 233 g/mol. The molecule has 1 saturated heterocycles. The van der Waals surface area contributed by atoms with Gasteiger partial charge < -0.3 is 11.1 Å². The molecule has 5 nitrogen and oxygen atoms in total. The van der Waals surface area contributed by atoms with Crippen molar-refractivity contribution in [2.75, 3.05) is 29.3 Å². The van der Waals surface area contributed by atoms with E-state index < -0.39 is 0 Å². The average Bonchev–Trinajstić information content (AvgIpc) is 2.68. The normalized spacial score (nSPS) is 19.1. The summed E-state index contributed by atoms with van der Waals surface area (Å²) in [5.41, 5.74) is 9.35. The molecule has 0 aliphatic carbocycles. The second-order valence-corrected chi connectivity index (χ2v) is 4.44. The van der Waals surface area contributed by atoms with Crippen LogP contribution in [0.15, 0.2) is 12.1 Å². The molecular formula is C12H15N3O2. The molecule has 0 aromatic heterocycles. The number of nitrogens with zero attached hydrogens (tertiary/aromatic N) is 1. The maximum absolute atomic E-state index is 11.3. The van der Waals surface area contributed by atoms with E-state index in [0.29, 0.717) is 12.1 Å². The van der Waals surface area contributed by atoms with Crippen LogP contribution in [-0.2, 0) is 16.1 Å². The zero-order valence-electron chi connectivity index (χ0n) is 9.53. The van der Waals surface area contributed by atoms with E-state index in [2.05, 4.69) is 5.32 Å². The number of hydroxylamine groups is 1. The largest absolute Gasteiger partial charge is 0.397 e. The molecule has 17 heavy (non-hydrogen) atoms. The van der Waals surface area contributed by atoms with Crippen molar-refractivity contribution in [3.8, 4) is 0 Å². The van der Waals surface area contributed by atoms with Crippen molar-refractivity contribution in [2.45, 2.75) is 19.3 Å². The molecule has 1 aromatic carbocycles. The lowest BCUT2D eigenvalue weighted by Gasteiger charge is -2.29. The van der Waals surface area contributed by atoms with Crippen LogP contribution < -0.4 is 16.1 Å². The van der Waals surface area contributed by atoms with E-state index in [4.69, 9.17) is 10.6 Å². The van der Waals surface area contributed by atoms with Crippen LogP contribution in [0.25, 0.3) is 0 Å². The summed E-state index contributed by atoms with van der Waals surface area (Å²) in [5, 5.41) is 4.65. The van der Waals surface area contributed by atoms with Crippen molar-refractivity contribution in [1.29, 1.82) is 0 Å². The molecule has 0 spiro atoms. The summed E-state index contributed by atoms with van der Waals surface area (Å²) in [5.74, 6) is 0.0242. The fourth-order valence-corrected chi connectivity index (χ4v) is 2.28. The van der Waals surface area contributed by atoms with E-state index in [1.807, 2.05) is 17.2 Å². The van der Waals surface area contributed by atoms with E-state index in [1.54, 1.807) is 0 Å². The van der Waals surface area contributed by atoms with E-state index in [-0.39, 0.29) is 5.91 Å². The zero-order valence-corrected chi connectivity index (χ0v) is 9.53. The molecule has 2 aliphatic rings. The lowest BCUT2D eigenvalue weighted by Crippen LogP contribution is -2.30. The number of hydrogen-bond donors (Lipinski definition) is 2. The van der Waals surface area contributed by atoms with Gasteiger partial charge in [0.2, 0.25) is 5.91 Å². The Balaban J connectivity index is 1.95. The van der Waals surface area contributed by atoms with Crippen LogP contribution in [0.3, 0.4) is 0 Å². The van der Waals surface area contributed by atoms with Crippen molar-refractivity contribution in [1.82, 2.24) is 0 Å². The molecule has 0 atom stereocenters. The van der Waals surface area contributed by atoms with Crippen LogP contribution in [0.4, 0.5) is 17.1 Å². The van der Waals surface area contributed by atoms with Gasteiger partial charge in [-0.05, 0) is 30.5 Å². The first kappa shape index (κ1) is 10.4. The third kappa shape index (κ3) is 1.82. The third-order valence-electron chi connectivity index (χ3n) is 3.15. The van der Waals surface area contributed by atoms with Gasteiger partial charge in [0.1, 0.15) is 0 Å². The highest BCUT2D eigenvalue weighted by Crippen LogP contribution is 2.34. The summed E-state index contributed by atoms with van der Waals surface area (Å²) >= 11 is 0. The molecule has 0 saturated carbocycles. The number of carbonyl (C=O) groups excluding carboxylic acids is 1. The highest BCUT2D eigenvalue weighted by Gasteiger charge is 2.22. The summed E-state index contributed by atoms with van der Waals surface area (Å²) in [6.07, 6.45) is 2.60. The molecule has 0 bridgehead atoms. The summed E-state index contributed by atoms with van der Waals surface area (Å²) in [7, 11) is 0. The van der Waals surface area contributed by atoms with Gasteiger partial charge in [-0.15, -0.1) is 0 Å². The lowest BCUT2D eigenvalue weighted by molar-refractivity contribution is -0.115. The van der Waals surface area contributed by atoms with Gasteiger partial charge in [-0.1, -0.05) is 0 Å². The Morgan fingerprint density at radius 2 is 2.24 bits per heavy atom. The SMILES string of the molecule is Nc1cc2c(cc1N1CCCCO1)NC(=O)C2. The Kier molecular flexibility index (Phi) is 2.40. The number of benzene rings is 1. The molecule has 1 amide bonds. The van der Waals surface area contributed by atoms with E-state index >= 15 is 0 Å². The second-order valence-electron chi connectivity index (χ2n) is 4.44. The molecule has 0 radical (unpaired) electrons. The van der Waals surface area contributed by atoms with Crippen molar-refractivity contribution in [3.05, 3.63) is 17.7 Å². The first-order chi connectivity index (χ1) is 8.24. The molecule has 5 heteroatoms. The van der Waals surface area contributed by atoms with Crippen molar-refractivity contribution >= 4 is 23.0 Å². The number of hydrogen-bond acceptors (Lipinski definition) is 4. The summed E-state index contributed by atoms with van der Waals surface area (Å²) in [6.45, 7) is 1.57. The fraction of sp³-hybridized carbons (Fsp3) is 0.417. The van der Waals surface area contributed by atoms with E-state index in [9.17, 15) is 4.79 Å². The van der Waals surface area contributed by atoms with Crippen LogP contribution in [0.2, 0.25) is 0 Å². The number of carbonyl (C=O) groups is 1. The molecule has 2 aliphatic heterocycles. The minimum Gasteiger partial charge on any atom is -0.397 e. The van der Waals surface area contributed by atoms with E-state index in [0.717, 1.165) is 42.9 Å². The Morgan fingerprint density at radius 3 is 3.00 bits per heavy atom. The number of nitrogens with two attached hydrogens (primary N) is 1. The van der Waals surface area contributed by atoms with Crippen LogP contribution >= 0.6 is 0 Å². The van der Waals surface area contributed by atoms with Gasteiger partial charge in [-0.2, -0.15) is 0 Å². The topological polar surface area (TPSA) is 67.6 Å². The highest BCUT2D eigenvalue weighted by atomic mass is 16.7. The van der Waals surface area contributed by atoms with Crippen LogP contribution in [-0.4, -0.2) is 19.1 Å². The number of rotatable bonds is 1. The Morgan fingerprint density at radius 1 is 1.35 bits per heavy atom. The molecule has 1 aromatic rings. The smallest absolute Gasteiger partial charge is 0.228 e. The predicted molar refractivity (Wildman–Crippen MR) is 65.7 cm³/mol. The van der Waals surface area contributed by atoms with Gasteiger partial charge in [0, 0.05) is 12.2 Å². The first-order valence-electron chi connectivity index (χ1n) is 5.87. The number of amides is 1. The third-order valence-corrected chi connectivity index (χ3v) is 3.15. The monoisotopic (exact) mass is 233 g/mol. The van der Waals surface area contributed by atoms with Crippen molar-refractivity contribution < 1.29 is 9.63 Å². The summed E-state index contributed by atoms with van der Waals surface area (Å²) in [4.78, 5) is 16.9.